The van der Waals surface area contributed by atoms with Crippen LogP contribution in [0.15, 0.2) is 24.3 Å². The molecule has 160 valence electrons. The second kappa shape index (κ2) is 7.40. The smallest absolute Gasteiger partial charge is 0.293 e. The molecule has 2 atom stereocenters. The number of hydrogen-bond donors (Lipinski definition) is 0. The Labute approximate surface area is 178 Å². The zero-order valence-corrected chi connectivity index (χ0v) is 17.3. The third-order valence-corrected chi connectivity index (χ3v) is 5.99. The number of likely N-dealkylation sites (tertiary alicyclic amines) is 1. The summed E-state index contributed by atoms with van der Waals surface area (Å²) in [6.45, 7) is 4.81. The highest BCUT2D eigenvalue weighted by atomic mass is 19.1. The summed E-state index contributed by atoms with van der Waals surface area (Å²) in [4.78, 5) is 36.0. The lowest BCUT2D eigenvalue weighted by Gasteiger charge is -2.38. The predicted octanol–water partition coefficient (Wildman–Crippen LogP) is 2.77. The highest BCUT2D eigenvalue weighted by Gasteiger charge is 2.37. The topological polar surface area (TPSA) is 89.7 Å². The van der Waals surface area contributed by atoms with Gasteiger partial charge < -0.3 is 9.64 Å². The normalized spacial score (nSPS) is 21.1. The fourth-order valence-electron chi connectivity index (χ4n) is 4.48. The number of halogens is 1. The van der Waals surface area contributed by atoms with Gasteiger partial charge in [0.15, 0.2) is 5.78 Å². The van der Waals surface area contributed by atoms with Crippen LogP contribution in [0.3, 0.4) is 0 Å². The van der Waals surface area contributed by atoms with Gasteiger partial charge in [0, 0.05) is 36.8 Å². The number of rotatable bonds is 2. The van der Waals surface area contributed by atoms with Gasteiger partial charge in [-0.15, -0.1) is 5.10 Å². The molecular formula is C22H22FN5O3. The van der Waals surface area contributed by atoms with E-state index in [-0.39, 0.29) is 41.5 Å². The number of ether oxygens (including phenoxy) is 1. The minimum Gasteiger partial charge on any atom is -0.489 e. The fourth-order valence-corrected chi connectivity index (χ4v) is 4.48. The maximum atomic E-state index is 13.5. The molecule has 5 rings (SSSR count). The zero-order chi connectivity index (χ0) is 21.7. The zero-order valence-electron chi connectivity index (χ0n) is 17.3. The molecule has 2 aliphatic heterocycles. The van der Waals surface area contributed by atoms with Gasteiger partial charge in [0.25, 0.3) is 11.7 Å². The van der Waals surface area contributed by atoms with Crippen molar-refractivity contribution in [3.8, 4) is 5.75 Å². The second-order valence-electron chi connectivity index (χ2n) is 8.26. The van der Waals surface area contributed by atoms with Gasteiger partial charge in [-0.2, -0.15) is 4.98 Å². The minimum atomic E-state index is -0.455. The summed E-state index contributed by atoms with van der Waals surface area (Å²) in [5.41, 5.74) is 1.95. The van der Waals surface area contributed by atoms with Crippen LogP contribution in [0.25, 0.3) is 5.78 Å². The average molecular weight is 423 g/mol. The molecule has 1 aromatic carbocycles. The number of fused-ring (bicyclic) bond motifs is 2. The molecule has 1 saturated heterocycles. The Morgan fingerprint density at radius 1 is 1.23 bits per heavy atom. The summed E-state index contributed by atoms with van der Waals surface area (Å²) in [5.74, 6) is 0.0836. The molecule has 3 aromatic rings. The summed E-state index contributed by atoms with van der Waals surface area (Å²) >= 11 is 0. The number of amides is 1. The first kappa shape index (κ1) is 19.6. The van der Waals surface area contributed by atoms with Crippen molar-refractivity contribution >= 4 is 17.5 Å². The third kappa shape index (κ3) is 3.54. The van der Waals surface area contributed by atoms with Gasteiger partial charge in [-0.3, -0.25) is 9.59 Å². The van der Waals surface area contributed by atoms with Gasteiger partial charge in [-0.05, 0) is 51.0 Å². The summed E-state index contributed by atoms with van der Waals surface area (Å²) < 4.78 is 21.1. The number of carbonyl (C=O) groups excluding carboxylic acids is 2. The number of carbonyl (C=O) groups is 2. The lowest BCUT2D eigenvalue weighted by Crippen LogP contribution is -2.46. The fraction of sp³-hybridized carbons (Fsp3) is 0.409. The molecule has 0 radical (unpaired) electrons. The molecule has 2 aromatic heterocycles. The minimum absolute atomic E-state index is 0.000935. The van der Waals surface area contributed by atoms with E-state index in [2.05, 4.69) is 15.1 Å². The Hall–Kier alpha value is -3.36. The monoisotopic (exact) mass is 423 g/mol. The summed E-state index contributed by atoms with van der Waals surface area (Å²) in [7, 11) is 0. The van der Waals surface area contributed by atoms with E-state index in [9.17, 15) is 14.0 Å². The van der Waals surface area contributed by atoms with Gasteiger partial charge in [0.1, 0.15) is 17.7 Å². The van der Waals surface area contributed by atoms with Crippen LogP contribution >= 0.6 is 0 Å². The molecule has 0 N–H and O–H groups in total. The van der Waals surface area contributed by atoms with Crippen LogP contribution in [0.4, 0.5) is 4.39 Å². The van der Waals surface area contributed by atoms with Crippen molar-refractivity contribution in [2.45, 2.75) is 39.2 Å². The van der Waals surface area contributed by atoms with E-state index >= 15 is 0 Å². The van der Waals surface area contributed by atoms with Crippen LogP contribution in [0, 0.1) is 25.6 Å². The Morgan fingerprint density at radius 3 is 2.90 bits per heavy atom. The number of aromatic nitrogens is 4. The Balaban J connectivity index is 1.35. The van der Waals surface area contributed by atoms with E-state index in [1.807, 2.05) is 19.9 Å². The van der Waals surface area contributed by atoms with Crippen molar-refractivity contribution in [2.75, 3.05) is 13.1 Å². The third-order valence-electron chi connectivity index (χ3n) is 5.99. The van der Waals surface area contributed by atoms with Crippen molar-refractivity contribution in [2.24, 2.45) is 5.92 Å². The largest absolute Gasteiger partial charge is 0.489 e. The summed E-state index contributed by atoms with van der Waals surface area (Å²) in [5, 5.41) is 4.35. The Bertz CT molecular complexity index is 1210. The molecule has 9 heteroatoms. The number of Topliss-reactive ketones (excluding diaryl/α,β-unsaturated/α-hetero) is 1. The lowest BCUT2D eigenvalue weighted by atomic mass is 9.87. The number of benzene rings is 1. The average Bonchev–Trinajstić information content (AvgIpc) is 3.18. The van der Waals surface area contributed by atoms with E-state index in [0.717, 1.165) is 24.2 Å². The van der Waals surface area contributed by atoms with E-state index in [0.29, 0.717) is 24.6 Å². The van der Waals surface area contributed by atoms with E-state index < -0.39 is 5.82 Å². The molecule has 8 nitrogen and oxygen atoms in total. The Morgan fingerprint density at radius 2 is 2.06 bits per heavy atom. The molecule has 4 heterocycles. The number of aryl methyl sites for hydroxylation is 2. The van der Waals surface area contributed by atoms with Gasteiger partial charge in [0.2, 0.25) is 5.82 Å². The van der Waals surface area contributed by atoms with Crippen LogP contribution in [0.2, 0.25) is 0 Å². The predicted molar refractivity (Wildman–Crippen MR) is 109 cm³/mol. The maximum Gasteiger partial charge on any atom is 0.293 e. The van der Waals surface area contributed by atoms with Crippen molar-refractivity contribution in [1.29, 1.82) is 0 Å². The molecule has 1 amide bonds. The van der Waals surface area contributed by atoms with E-state index in [1.54, 1.807) is 9.42 Å². The van der Waals surface area contributed by atoms with Crippen LogP contribution in [-0.2, 0) is 0 Å². The van der Waals surface area contributed by atoms with E-state index in [1.165, 1.54) is 18.2 Å². The number of hydrogen-bond acceptors (Lipinski definition) is 6. The van der Waals surface area contributed by atoms with Crippen molar-refractivity contribution < 1.29 is 18.7 Å². The second-order valence-corrected chi connectivity index (χ2v) is 8.26. The van der Waals surface area contributed by atoms with Crippen LogP contribution in [0.5, 0.6) is 5.75 Å². The number of piperidine rings is 1. The molecule has 0 spiro atoms. The lowest BCUT2D eigenvalue weighted by molar-refractivity contribution is 0.0402. The molecule has 1 fully saturated rings. The van der Waals surface area contributed by atoms with Crippen LogP contribution in [-0.4, -0.2) is 55.4 Å². The highest BCUT2D eigenvalue weighted by molar-refractivity contribution is 6.00. The van der Waals surface area contributed by atoms with Crippen LogP contribution in [0.1, 0.15) is 51.6 Å². The number of nitrogens with zero attached hydrogens (tertiary/aromatic N) is 5. The first-order chi connectivity index (χ1) is 14.9. The Kier molecular flexibility index (Phi) is 4.68. The first-order valence-electron chi connectivity index (χ1n) is 10.4. The number of ketones is 1. The van der Waals surface area contributed by atoms with E-state index in [4.69, 9.17) is 4.74 Å². The van der Waals surface area contributed by atoms with Gasteiger partial charge in [-0.25, -0.2) is 13.9 Å². The van der Waals surface area contributed by atoms with Crippen molar-refractivity contribution in [1.82, 2.24) is 24.5 Å². The SMILES string of the molecule is Cc1cc(C)n2nc(C(=O)N3CCC[C@H]([C@@H]4CC(=O)c5cc(F)ccc5O4)C3)nc2n1. The molecule has 0 saturated carbocycles. The molecule has 0 aliphatic carbocycles. The summed E-state index contributed by atoms with van der Waals surface area (Å²) in [6, 6.07) is 5.89. The first-order valence-corrected chi connectivity index (χ1v) is 10.4. The van der Waals surface area contributed by atoms with Gasteiger partial charge in [0.05, 0.1) is 5.56 Å². The molecular weight excluding hydrogens is 401 g/mol. The molecule has 0 bridgehead atoms. The molecule has 0 unspecified atom stereocenters. The van der Waals surface area contributed by atoms with Gasteiger partial charge in [-0.1, -0.05) is 0 Å². The molecule has 2 aliphatic rings. The maximum absolute atomic E-state index is 13.5. The van der Waals surface area contributed by atoms with Crippen molar-refractivity contribution in [3.05, 3.63) is 52.9 Å². The standard InChI is InChI=1S/C22H22FN5O3/c1-12-8-13(2)28-22(24-12)25-20(26-28)21(30)27-7-3-4-14(11-27)19-10-17(29)16-9-15(23)5-6-18(16)31-19/h5-6,8-9,14,19H,3-4,7,10-11H2,1-2H3/t14-,19-/m0/s1. The highest BCUT2D eigenvalue weighted by Crippen LogP contribution is 2.34. The quantitative estimate of drug-likeness (QED) is 0.630. The van der Waals surface area contributed by atoms with Crippen molar-refractivity contribution in [3.63, 3.8) is 0 Å². The summed E-state index contributed by atoms with van der Waals surface area (Å²) in [6.07, 6.45) is 1.47. The van der Waals surface area contributed by atoms with Crippen LogP contribution < -0.4 is 4.74 Å². The van der Waals surface area contributed by atoms with Gasteiger partial charge >= 0.3 is 0 Å². The molecule has 31 heavy (non-hydrogen) atoms.